The molecule has 1 fully saturated rings. The van der Waals surface area contributed by atoms with E-state index in [9.17, 15) is 4.79 Å². The number of nitrogens with zero attached hydrogens (tertiary/aromatic N) is 1. The summed E-state index contributed by atoms with van der Waals surface area (Å²) in [6.45, 7) is 7.36. The molecule has 1 aliphatic rings. The van der Waals surface area contributed by atoms with E-state index in [-0.39, 0.29) is 11.9 Å². The first-order chi connectivity index (χ1) is 7.13. The van der Waals surface area contributed by atoms with Gasteiger partial charge in [0.05, 0.1) is 13.0 Å². The summed E-state index contributed by atoms with van der Waals surface area (Å²) in [7, 11) is 1.46. The van der Waals surface area contributed by atoms with Crippen molar-refractivity contribution in [1.82, 2.24) is 4.90 Å². The summed E-state index contributed by atoms with van der Waals surface area (Å²) in [6, 6.07) is 0. The zero-order valence-electron chi connectivity index (χ0n) is 10.2. The standard InChI is InChI=1S/C12H23NO2/c1-10-5-4-7-13(8-6-10)9-11(2)12(14)15-3/h10-11H,4-9H2,1-3H3. The number of carbonyl (C=O) groups excluding carboxylic acids is 1. The van der Waals surface area contributed by atoms with Gasteiger partial charge >= 0.3 is 5.97 Å². The molecular weight excluding hydrogens is 190 g/mol. The molecule has 1 rings (SSSR count). The second kappa shape index (κ2) is 6.11. The van der Waals surface area contributed by atoms with Crippen LogP contribution in [0.5, 0.6) is 0 Å². The monoisotopic (exact) mass is 213 g/mol. The first kappa shape index (κ1) is 12.5. The van der Waals surface area contributed by atoms with Crippen LogP contribution in [-0.2, 0) is 9.53 Å². The lowest BCUT2D eigenvalue weighted by Crippen LogP contribution is -2.33. The first-order valence-corrected chi connectivity index (χ1v) is 5.93. The Bertz CT molecular complexity index is 206. The first-order valence-electron chi connectivity index (χ1n) is 5.93. The second-order valence-corrected chi connectivity index (χ2v) is 4.76. The molecule has 2 unspecified atom stereocenters. The smallest absolute Gasteiger partial charge is 0.309 e. The number of likely N-dealkylation sites (tertiary alicyclic amines) is 1. The van der Waals surface area contributed by atoms with Crippen molar-refractivity contribution in [3.8, 4) is 0 Å². The van der Waals surface area contributed by atoms with E-state index in [0.717, 1.165) is 25.6 Å². The van der Waals surface area contributed by atoms with Crippen LogP contribution in [0.15, 0.2) is 0 Å². The highest BCUT2D eigenvalue weighted by molar-refractivity contribution is 5.72. The molecule has 1 saturated heterocycles. The molecule has 0 aromatic heterocycles. The van der Waals surface area contributed by atoms with Gasteiger partial charge in [-0.2, -0.15) is 0 Å². The number of carbonyl (C=O) groups is 1. The third-order valence-corrected chi connectivity index (χ3v) is 3.25. The van der Waals surface area contributed by atoms with Gasteiger partial charge in [0.15, 0.2) is 0 Å². The molecule has 0 aromatic rings. The predicted octanol–water partition coefficient (Wildman–Crippen LogP) is 1.92. The Hall–Kier alpha value is -0.570. The fraction of sp³-hybridized carbons (Fsp3) is 0.917. The number of ether oxygens (including phenoxy) is 1. The van der Waals surface area contributed by atoms with E-state index in [4.69, 9.17) is 4.74 Å². The molecule has 2 atom stereocenters. The van der Waals surface area contributed by atoms with Crippen LogP contribution >= 0.6 is 0 Å². The normalized spacial score (nSPS) is 25.7. The molecule has 0 spiro atoms. The molecule has 88 valence electrons. The third-order valence-electron chi connectivity index (χ3n) is 3.25. The van der Waals surface area contributed by atoms with E-state index >= 15 is 0 Å². The Morgan fingerprint density at radius 1 is 1.47 bits per heavy atom. The maximum Gasteiger partial charge on any atom is 0.309 e. The summed E-state index contributed by atoms with van der Waals surface area (Å²) in [4.78, 5) is 13.7. The van der Waals surface area contributed by atoms with Gasteiger partial charge in [0, 0.05) is 6.54 Å². The average molecular weight is 213 g/mol. The van der Waals surface area contributed by atoms with Gasteiger partial charge < -0.3 is 9.64 Å². The molecule has 0 aromatic carbocycles. The molecular formula is C12H23NO2. The third kappa shape index (κ3) is 4.20. The highest BCUT2D eigenvalue weighted by Crippen LogP contribution is 2.17. The number of hydrogen-bond acceptors (Lipinski definition) is 3. The molecule has 0 radical (unpaired) electrons. The van der Waals surface area contributed by atoms with E-state index in [1.54, 1.807) is 0 Å². The Labute approximate surface area is 92.8 Å². The minimum absolute atomic E-state index is 0.00315. The van der Waals surface area contributed by atoms with Gasteiger partial charge in [-0.15, -0.1) is 0 Å². The van der Waals surface area contributed by atoms with Crippen LogP contribution in [-0.4, -0.2) is 37.6 Å². The average Bonchev–Trinajstić information content (AvgIpc) is 2.42. The summed E-state index contributed by atoms with van der Waals surface area (Å²) < 4.78 is 4.74. The van der Waals surface area contributed by atoms with Crippen molar-refractivity contribution in [2.75, 3.05) is 26.7 Å². The van der Waals surface area contributed by atoms with E-state index in [1.807, 2.05) is 6.92 Å². The molecule has 0 N–H and O–H groups in total. The van der Waals surface area contributed by atoms with E-state index in [2.05, 4.69) is 11.8 Å². The molecule has 3 heteroatoms. The van der Waals surface area contributed by atoms with Crippen LogP contribution in [0.2, 0.25) is 0 Å². The lowest BCUT2D eigenvalue weighted by molar-refractivity contribution is -0.145. The Morgan fingerprint density at radius 3 is 2.87 bits per heavy atom. The van der Waals surface area contributed by atoms with Crippen LogP contribution in [0.3, 0.4) is 0 Å². The predicted molar refractivity (Wildman–Crippen MR) is 60.6 cm³/mol. The highest BCUT2D eigenvalue weighted by atomic mass is 16.5. The summed E-state index contributed by atoms with van der Waals surface area (Å²) >= 11 is 0. The number of hydrogen-bond donors (Lipinski definition) is 0. The van der Waals surface area contributed by atoms with Gasteiger partial charge in [-0.1, -0.05) is 13.8 Å². The van der Waals surface area contributed by atoms with Crippen LogP contribution < -0.4 is 0 Å². The van der Waals surface area contributed by atoms with Crippen LogP contribution in [0.1, 0.15) is 33.1 Å². The highest BCUT2D eigenvalue weighted by Gasteiger charge is 2.19. The molecule has 3 nitrogen and oxygen atoms in total. The SMILES string of the molecule is COC(=O)C(C)CN1CCCC(C)CC1. The lowest BCUT2D eigenvalue weighted by atomic mass is 10.0. The fourth-order valence-electron chi connectivity index (χ4n) is 2.17. The summed E-state index contributed by atoms with van der Waals surface area (Å²) in [5.74, 6) is 0.749. The van der Waals surface area contributed by atoms with E-state index < -0.39 is 0 Å². The molecule has 15 heavy (non-hydrogen) atoms. The molecule has 0 saturated carbocycles. The topological polar surface area (TPSA) is 29.5 Å². The summed E-state index contributed by atoms with van der Waals surface area (Å²) in [5.41, 5.74) is 0. The number of rotatable bonds is 3. The van der Waals surface area contributed by atoms with Gasteiger partial charge in [-0.3, -0.25) is 4.79 Å². The van der Waals surface area contributed by atoms with Crippen LogP contribution in [0.25, 0.3) is 0 Å². The quantitative estimate of drug-likeness (QED) is 0.671. The van der Waals surface area contributed by atoms with Gasteiger partial charge in [0.25, 0.3) is 0 Å². The Kier molecular flexibility index (Phi) is 5.09. The maximum atomic E-state index is 11.3. The van der Waals surface area contributed by atoms with Gasteiger partial charge in [-0.05, 0) is 38.3 Å². The maximum absolute atomic E-state index is 11.3. The van der Waals surface area contributed by atoms with Gasteiger partial charge in [0.1, 0.15) is 0 Å². The van der Waals surface area contributed by atoms with Crippen molar-refractivity contribution in [2.24, 2.45) is 11.8 Å². The van der Waals surface area contributed by atoms with Crippen molar-refractivity contribution in [1.29, 1.82) is 0 Å². The Balaban J connectivity index is 2.34. The summed E-state index contributed by atoms with van der Waals surface area (Å²) in [5, 5.41) is 0. The van der Waals surface area contributed by atoms with Crippen molar-refractivity contribution in [3.05, 3.63) is 0 Å². The minimum Gasteiger partial charge on any atom is -0.469 e. The molecule has 0 bridgehead atoms. The lowest BCUT2D eigenvalue weighted by Gasteiger charge is -2.22. The van der Waals surface area contributed by atoms with Crippen molar-refractivity contribution in [3.63, 3.8) is 0 Å². The zero-order chi connectivity index (χ0) is 11.3. The number of esters is 1. The van der Waals surface area contributed by atoms with Crippen LogP contribution in [0, 0.1) is 11.8 Å². The van der Waals surface area contributed by atoms with E-state index in [1.165, 1.54) is 26.4 Å². The number of methoxy groups -OCH3 is 1. The van der Waals surface area contributed by atoms with Gasteiger partial charge in [0.2, 0.25) is 0 Å². The van der Waals surface area contributed by atoms with Crippen molar-refractivity contribution in [2.45, 2.75) is 33.1 Å². The molecule has 0 amide bonds. The van der Waals surface area contributed by atoms with E-state index in [0.29, 0.717) is 0 Å². The fourth-order valence-corrected chi connectivity index (χ4v) is 2.17. The largest absolute Gasteiger partial charge is 0.469 e. The second-order valence-electron chi connectivity index (χ2n) is 4.76. The van der Waals surface area contributed by atoms with Gasteiger partial charge in [-0.25, -0.2) is 0 Å². The molecule has 0 aliphatic carbocycles. The molecule has 1 heterocycles. The summed E-state index contributed by atoms with van der Waals surface area (Å²) in [6.07, 6.45) is 3.84. The minimum atomic E-state index is -0.0905. The Morgan fingerprint density at radius 2 is 2.20 bits per heavy atom. The van der Waals surface area contributed by atoms with Crippen LogP contribution in [0.4, 0.5) is 0 Å². The zero-order valence-corrected chi connectivity index (χ0v) is 10.2. The van der Waals surface area contributed by atoms with Crippen molar-refractivity contribution >= 4 is 5.97 Å². The van der Waals surface area contributed by atoms with Crippen molar-refractivity contribution < 1.29 is 9.53 Å². The molecule has 1 aliphatic heterocycles.